The summed E-state index contributed by atoms with van der Waals surface area (Å²) in [5, 5.41) is 12.9. The van der Waals surface area contributed by atoms with Crippen molar-refractivity contribution in [1.29, 1.82) is 0 Å². The summed E-state index contributed by atoms with van der Waals surface area (Å²) >= 11 is 0. The fraction of sp³-hybridized carbons (Fsp3) is 0.474. The van der Waals surface area contributed by atoms with E-state index >= 15 is 0 Å². The number of fused-ring (bicyclic) bond motifs is 2. The number of aliphatic hydroxyl groups excluding tert-OH is 1. The van der Waals surface area contributed by atoms with Gasteiger partial charge in [-0.3, -0.25) is 19.2 Å². The van der Waals surface area contributed by atoms with Gasteiger partial charge in [0.05, 0.1) is 17.7 Å². The fourth-order valence-electron chi connectivity index (χ4n) is 3.21. The molecular formula is C19H23NO5. The van der Waals surface area contributed by atoms with Crippen LogP contribution in [-0.4, -0.2) is 34.5 Å². The van der Waals surface area contributed by atoms with Gasteiger partial charge in [-0.2, -0.15) is 0 Å². The van der Waals surface area contributed by atoms with Crippen molar-refractivity contribution >= 4 is 23.3 Å². The molecule has 134 valence electrons. The van der Waals surface area contributed by atoms with Crippen molar-refractivity contribution in [2.75, 3.05) is 0 Å². The van der Waals surface area contributed by atoms with Crippen LogP contribution in [0.25, 0.3) is 0 Å². The third kappa shape index (κ3) is 4.02. The average Bonchev–Trinajstić information content (AvgIpc) is 2.54. The van der Waals surface area contributed by atoms with E-state index in [1.165, 1.54) is 6.92 Å². The molecule has 0 saturated heterocycles. The van der Waals surface area contributed by atoms with Crippen molar-refractivity contribution in [2.45, 2.75) is 40.2 Å². The summed E-state index contributed by atoms with van der Waals surface area (Å²) in [5.41, 5.74) is 0.627. The Hall–Kier alpha value is -2.34. The first-order valence-electron chi connectivity index (χ1n) is 8.33. The highest BCUT2D eigenvalue weighted by molar-refractivity contribution is 6.22. The van der Waals surface area contributed by atoms with E-state index in [4.69, 9.17) is 0 Å². The second kappa shape index (κ2) is 7.27. The lowest BCUT2D eigenvalue weighted by atomic mass is 9.87. The molecule has 0 aromatic carbocycles. The van der Waals surface area contributed by atoms with Crippen molar-refractivity contribution in [3.05, 3.63) is 35.1 Å². The van der Waals surface area contributed by atoms with E-state index in [2.05, 4.69) is 5.32 Å². The van der Waals surface area contributed by atoms with Crippen LogP contribution in [0.1, 0.15) is 34.1 Å². The molecule has 4 atom stereocenters. The Bertz CT molecular complexity index is 728. The molecule has 0 fully saturated rings. The van der Waals surface area contributed by atoms with Crippen LogP contribution in [0.2, 0.25) is 0 Å². The maximum Gasteiger partial charge on any atom is 0.234 e. The summed E-state index contributed by atoms with van der Waals surface area (Å²) in [6, 6.07) is 0. The van der Waals surface area contributed by atoms with E-state index in [9.17, 15) is 24.3 Å². The number of allylic oxidation sites excluding steroid dienone is 4. The minimum Gasteiger partial charge on any atom is -0.388 e. The number of rotatable bonds is 0. The SMILES string of the molecule is C/C1=C\[C@H](C)[C@@H](O)C2=CC(=O)C=C(NC(=O)[C@H](C)C(=O)C(C)C1)C2=O. The zero-order valence-corrected chi connectivity index (χ0v) is 14.8. The largest absolute Gasteiger partial charge is 0.388 e. The minimum atomic E-state index is -1.17. The van der Waals surface area contributed by atoms with Crippen LogP contribution >= 0.6 is 0 Å². The molecule has 2 aliphatic rings. The van der Waals surface area contributed by atoms with E-state index in [1.54, 1.807) is 19.9 Å². The summed E-state index contributed by atoms with van der Waals surface area (Å²) < 4.78 is 0. The highest BCUT2D eigenvalue weighted by Gasteiger charge is 2.33. The molecule has 0 radical (unpaired) electrons. The quantitative estimate of drug-likeness (QED) is 0.391. The van der Waals surface area contributed by atoms with Crippen molar-refractivity contribution in [3.8, 4) is 0 Å². The van der Waals surface area contributed by atoms with Crippen molar-refractivity contribution < 1.29 is 24.3 Å². The van der Waals surface area contributed by atoms with E-state index in [1.807, 2.05) is 6.92 Å². The zero-order valence-electron chi connectivity index (χ0n) is 14.8. The molecule has 2 N–H and O–H groups in total. The average molecular weight is 345 g/mol. The Balaban J connectivity index is 2.49. The summed E-state index contributed by atoms with van der Waals surface area (Å²) in [4.78, 5) is 49.2. The molecule has 1 amide bonds. The monoisotopic (exact) mass is 345 g/mol. The molecule has 1 heterocycles. The lowest BCUT2D eigenvalue weighted by Crippen LogP contribution is -2.39. The molecule has 1 aliphatic heterocycles. The smallest absolute Gasteiger partial charge is 0.234 e. The number of nitrogens with one attached hydrogen (secondary N) is 1. The Morgan fingerprint density at radius 1 is 1.08 bits per heavy atom. The van der Waals surface area contributed by atoms with Crippen molar-refractivity contribution in [3.63, 3.8) is 0 Å². The first kappa shape index (κ1) is 19.0. The lowest BCUT2D eigenvalue weighted by Gasteiger charge is -2.22. The Morgan fingerprint density at radius 3 is 2.36 bits per heavy atom. The zero-order chi connectivity index (χ0) is 18.9. The number of carbonyl (C=O) groups excluding carboxylic acids is 4. The topological polar surface area (TPSA) is 101 Å². The minimum absolute atomic E-state index is 0.0503. The molecule has 1 unspecified atom stereocenters. The first-order chi connectivity index (χ1) is 11.6. The summed E-state index contributed by atoms with van der Waals surface area (Å²) in [5.74, 6) is -3.68. The number of hydrogen-bond acceptors (Lipinski definition) is 5. The maximum atomic E-state index is 12.5. The third-order valence-electron chi connectivity index (χ3n) is 4.65. The normalized spacial score (nSPS) is 33.9. The van der Waals surface area contributed by atoms with Gasteiger partial charge in [0, 0.05) is 23.5 Å². The number of aliphatic hydroxyl groups is 1. The van der Waals surface area contributed by atoms with Gasteiger partial charge in [-0.05, 0) is 26.3 Å². The van der Waals surface area contributed by atoms with Crippen LogP contribution in [0.3, 0.4) is 0 Å². The standard InChI is InChI=1S/C19H23NO5/c1-9-5-10(2)16(22)12(4)19(25)20-15-8-13(21)7-14(18(15)24)17(23)11(3)6-9/h6-8,10-12,17,23H,5H2,1-4H3,(H,20,25)/b9-6+/t10?,11-,12+,17+/m0/s1. The van der Waals surface area contributed by atoms with Crippen LogP contribution in [0.5, 0.6) is 0 Å². The molecule has 6 heteroatoms. The summed E-state index contributed by atoms with van der Waals surface area (Å²) in [6.07, 6.45) is 3.20. The van der Waals surface area contributed by atoms with E-state index in [0.29, 0.717) is 6.42 Å². The number of hydrogen-bond donors (Lipinski definition) is 2. The van der Waals surface area contributed by atoms with Crippen LogP contribution in [-0.2, 0) is 19.2 Å². The first-order valence-corrected chi connectivity index (χ1v) is 8.33. The van der Waals surface area contributed by atoms with Gasteiger partial charge in [-0.15, -0.1) is 0 Å². The second-order valence-electron chi connectivity index (χ2n) is 6.92. The molecule has 0 spiro atoms. The molecule has 2 rings (SSSR count). The maximum absolute atomic E-state index is 12.5. The van der Waals surface area contributed by atoms with E-state index < -0.39 is 35.4 Å². The Labute approximate surface area is 146 Å². The van der Waals surface area contributed by atoms with Crippen molar-refractivity contribution in [1.82, 2.24) is 5.32 Å². The molecule has 0 aromatic heterocycles. The number of Topliss-reactive ketones (excluding diaryl/α,β-unsaturated/α-hetero) is 2. The number of amides is 1. The predicted molar refractivity (Wildman–Crippen MR) is 91.2 cm³/mol. The predicted octanol–water partition coefficient (Wildman–Crippen LogP) is 1.25. The molecule has 0 saturated carbocycles. The van der Waals surface area contributed by atoms with Gasteiger partial charge in [0.15, 0.2) is 5.78 Å². The van der Waals surface area contributed by atoms with Crippen LogP contribution < -0.4 is 5.32 Å². The van der Waals surface area contributed by atoms with Gasteiger partial charge in [0.25, 0.3) is 0 Å². The van der Waals surface area contributed by atoms with E-state index in [-0.39, 0.29) is 23.0 Å². The molecule has 25 heavy (non-hydrogen) atoms. The van der Waals surface area contributed by atoms with E-state index in [0.717, 1.165) is 17.7 Å². The molecule has 0 aromatic rings. The van der Waals surface area contributed by atoms with Gasteiger partial charge < -0.3 is 10.4 Å². The van der Waals surface area contributed by atoms with Crippen molar-refractivity contribution in [2.24, 2.45) is 17.8 Å². The van der Waals surface area contributed by atoms with Gasteiger partial charge in [-0.1, -0.05) is 25.5 Å². The highest BCUT2D eigenvalue weighted by Crippen LogP contribution is 2.25. The van der Waals surface area contributed by atoms with Crippen LogP contribution in [0.4, 0.5) is 0 Å². The highest BCUT2D eigenvalue weighted by atomic mass is 16.3. The molecular weight excluding hydrogens is 322 g/mol. The van der Waals surface area contributed by atoms with Gasteiger partial charge in [0.1, 0.15) is 5.78 Å². The van der Waals surface area contributed by atoms with Crippen LogP contribution in [0, 0.1) is 17.8 Å². The molecule has 1 aliphatic carbocycles. The van der Waals surface area contributed by atoms with Gasteiger partial charge >= 0.3 is 0 Å². The second-order valence-corrected chi connectivity index (χ2v) is 6.92. The van der Waals surface area contributed by atoms with Gasteiger partial charge in [0.2, 0.25) is 11.7 Å². The molecule has 2 bridgehead atoms. The van der Waals surface area contributed by atoms with Gasteiger partial charge in [-0.25, -0.2) is 0 Å². The summed E-state index contributed by atoms with van der Waals surface area (Å²) in [7, 11) is 0. The van der Waals surface area contributed by atoms with Crippen LogP contribution in [0.15, 0.2) is 35.1 Å². The Morgan fingerprint density at radius 2 is 1.72 bits per heavy atom. The third-order valence-corrected chi connectivity index (χ3v) is 4.65. The fourth-order valence-corrected chi connectivity index (χ4v) is 3.21. The molecule has 6 nitrogen and oxygen atoms in total. The Kier molecular flexibility index (Phi) is 5.52. The number of carbonyl (C=O) groups is 4. The number of ketones is 3. The summed E-state index contributed by atoms with van der Waals surface area (Å²) in [6.45, 7) is 6.80. The lowest BCUT2D eigenvalue weighted by molar-refractivity contribution is -0.135.